The topological polar surface area (TPSA) is 76.2 Å². The molecule has 0 bridgehead atoms. The first-order valence-corrected chi connectivity index (χ1v) is 9.13. The van der Waals surface area contributed by atoms with Crippen molar-refractivity contribution in [3.63, 3.8) is 0 Å². The lowest BCUT2D eigenvalue weighted by Crippen LogP contribution is -3.14. The second-order valence-electron chi connectivity index (χ2n) is 6.34. The van der Waals surface area contributed by atoms with Crippen molar-refractivity contribution < 1.29 is 23.6 Å². The molecule has 0 saturated carbocycles. The average molecular weight is 352 g/mol. The molecule has 1 fully saturated rings. The third-order valence-electron chi connectivity index (χ3n) is 4.60. The summed E-state index contributed by atoms with van der Waals surface area (Å²) in [5.74, 6) is 0.517. The molecule has 2 N–H and O–H groups in total. The van der Waals surface area contributed by atoms with Crippen LogP contribution in [0, 0.1) is 6.92 Å². The van der Waals surface area contributed by atoms with E-state index in [-0.39, 0.29) is 11.8 Å². The molecule has 0 aliphatic carbocycles. The molecule has 1 aliphatic heterocycles. The van der Waals surface area contributed by atoms with E-state index in [1.165, 1.54) is 6.26 Å². The van der Waals surface area contributed by atoms with E-state index in [0.29, 0.717) is 37.4 Å². The maximum Gasteiger partial charge on any atom is 0.257 e. The van der Waals surface area contributed by atoms with Crippen LogP contribution in [0.15, 0.2) is 16.7 Å². The number of aryl methyl sites for hydroxylation is 1. The van der Waals surface area contributed by atoms with Crippen LogP contribution < -0.4 is 10.2 Å². The smallest absolute Gasteiger partial charge is 0.257 e. The van der Waals surface area contributed by atoms with Crippen LogP contribution in [0.1, 0.15) is 35.9 Å². The number of furan rings is 1. The molecule has 7 heteroatoms. The molecule has 1 aromatic rings. The van der Waals surface area contributed by atoms with E-state index in [0.717, 1.165) is 39.3 Å². The van der Waals surface area contributed by atoms with E-state index in [1.807, 2.05) is 6.92 Å². The molecule has 1 saturated heterocycles. The minimum atomic E-state index is -0.0857. The monoisotopic (exact) mass is 352 g/mol. The van der Waals surface area contributed by atoms with Gasteiger partial charge in [-0.05, 0) is 19.9 Å². The summed E-state index contributed by atoms with van der Waals surface area (Å²) in [6, 6.07) is 1.67. The predicted molar refractivity (Wildman–Crippen MR) is 93.6 cm³/mol. The minimum Gasteiger partial charge on any atom is -0.469 e. The maximum absolute atomic E-state index is 12.4. The van der Waals surface area contributed by atoms with Gasteiger partial charge in [-0.15, -0.1) is 0 Å². The van der Waals surface area contributed by atoms with Crippen molar-refractivity contribution in [1.82, 2.24) is 10.2 Å². The summed E-state index contributed by atoms with van der Waals surface area (Å²) in [6.45, 7) is 10.2. The second kappa shape index (κ2) is 10.2. The molecule has 1 aliphatic rings. The lowest BCUT2D eigenvalue weighted by Gasteiger charge is -2.23. The van der Waals surface area contributed by atoms with E-state index < -0.39 is 0 Å². The van der Waals surface area contributed by atoms with Gasteiger partial charge in [0.05, 0.1) is 31.6 Å². The number of carbonyl (C=O) groups is 2. The predicted octanol–water partition coefficient (Wildman–Crippen LogP) is -0.138. The van der Waals surface area contributed by atoms with E-state index in [2.05, 4.69) is 5.32 Å². The number of morpholine rings is 1. The average Bonchev–Trinajstić information content (AvgIpc) is 3.06. The number of carbonyl (C=O) groups excluding carboxylic acids is 2. The number of nitrogens with zero attached hydrogens (tertiary/aromatic N) is 1. The first kappa shape index (κ1) is 19.5. The summed E-state index contributed by atoms with van der Waals surface area (Å²) in [6.07, 6.45) is 2.80. The molecule has 0 unspecified atom stereocenters. The van der Waals surface area contributed by atoms with Crippen LogP contribution >= 0.6 is 0 Å². The van der Waals surface area contributed by atoms with E-state index in [4.69, 9.17) is 9.15 Å². The third-order valence-corrected chi connectivity index (χ3v) is 4.60. The SMILES string of the molecule is CCN(CCC(=O)NCCC[NH+]1CCOCC1)C(=O)c1ccoc1C. The Hall–Kier alpha value is -1.86. The minimum absolute atomic E-state index is 0.00727. The zero-order valence-electron chi connectivity index (χ0n) is 15.3. The van der Waals surface area contributed by atoms with Gasteiger partial charge in [0.1, 0.15) is 18.8 Å². The van der Waals surface area contributed by atoms with Crippen molar-refractivity contribution in [1.29, 1.82) is 0 Å². The zero-order chi connectivity index (χ0) is 18.1. The van der Waals surface area contributed by atoms with Crippen molar-refractivity contribution in [2.75, 3.05) is 52.5 Å². The summed E-state index contributed by atoms with van der Waals surface area (Å²) >= 11 is 0. The van der Waals surface area contributed by atoms with Crippen LogP contribution in [-0.4, -0.2) is 69.2 Å². The van der Waals surface area contributed by atoms with Crippen molar-refractivity contribution in [2.45, 2.75) is 26.7 Å². The van der Waals surface area contributed by atoms with Gasteiger partial charge in [0, 0.05) is 32.5 Å². The highest BCUT2D eigenvalue weighted by molar-refractivity contribution is 5.95. The summed E-state index contributed by atoms with van der Waals surface area (Å²) in [5, 5.41) is 2.95. The van der Waals surface area contributed by atoms with Crippen molar-refractivity contribution >= 4 is 11.8 Å². The molecule has 0 radical (unpaired) electrons. The van der Waals surface area contributed by atoms with Gasteiger partial charge in [-0.1, -0.05) is 0 Å². The first-order chi connectivity index (χ1) is 12.1. The molecule has 2 amide bonds. The number of hydrogen-bond acceptors (Lipinski definition) is 4. The molecule has 0 spiro atoms. The highest BCUT2D eigenvalue weighted by atomic mass is 16.5. The summed E-state index contributed by atoms with van der Waals surface area (Å²) in [4.78, 5) is 27.6. The largest absolute Gasteiger partial charge is 0.469 e. The Labute approximate surface area is 149 Å². The fourth-order valence-electron chi connectivity index (χ4n) is 2.98. The Bertz CT molecular complexity index is 552. The zero-order valence-corrected chi connectivity index (χ0v) is 15.3. The fraction of sp³-hybridized carbons (Fsp3) is 0.667. The summed E-state index contributed by atoms with van der Waals surface area (Å²) in [5.41, 5.74) is 0.566. The lowest BCUT2D eigenvalue weighted by molar-refractivity contribution is -0.908. The Morgan fingerprint density at radius 3 is 2.72 bits per heavy atom. The quantitative estimate of drug-likeness (QED) is 0.607. The van der Waals surface area contributed by atoms with Crippen LogP contribution in [0.3, 0.4) is 0 Å². The van der Waals surface area contributed by atoms with Gasteiger partial charge in [-0.2, -0.15) is 0 Å². The Morgan fingerprint density at radius 1 is 1.32 bits per heavy atom. The van der Waals surface area contributed by atoms with E-state index in [9.17, 15) is 9.59 Å². The normalized spacial score (nSPS) is 15.1. The number of nitrogens with one attached hydrogen (secondary N) is 2. The van der Waals surface area contributed by atoms with Crippen molar-refractivity contribution in [2.24, 2.45) is 0 Å². The van der Waals surface area contributed by atoms with Gasteiger partial charge in [-0.3, -0.25) is 9.59 Å². The highest BCUT2D eigenvalue weighted by Gasteiger charge is 2.19. The number of ether oxygens (including phenoxy) is 1. The highest BCUT2D eigenvalue weighted by Crippen LogP contribution is 2.12. The van der Waals surface area contributed by atoms with Crippen LogP contribution in [0.2, 0.25) is 0 Å². The molecule has 25 heavy (non-hydrogen) atoms. The Kier molecular flexibility index (Phi) is 7.94. The van der Waals surface area contributed by atoms with Crippen LogP contribution in [0.4, 0.5) is 0 Å². The molecule has 2 rings (SSSR count). The fourth-order valence-corrected chi connectivity index (χ4v) is 2.98. The van der Waals surface area contributed by atoms with Gasteiger partial charge >= 0.3 is 0 Å². The molecular formula is C18H30N3O4+. The van der Waals surface area contributed by atoms with Gasteiger partial charge in [-0.25, -0.2) is 0 Å². The van der Waals surface area contributed by atoms with Crippen molar-refractivity contribution in [3.05, 3.63) is 23.7 Å². The van der Waals surface area contributed by atoms with E-state index >= 15 is 0 Å². The van der Waals surface area contributed by atoms with Crippen LogP contribution in [0.5, 0.6) is 0 Å². The maximum atomic E-state index is 12.4. The van der Waals surface area contributed by atoms with Gasteiger partial charge in [0.2, 0.25) is 5.91 Å². The van der Waals surface area contributed by atoms with Gasteiger partial charge in [0.25, 0.3) is 5.91 Å². The van der Waals surface area contributed by atoms with Gasteiger partial charge in [0.15, 0.2) is 0 Å². The lowest BCUT2D eigenvalue weighted by atomic mass is 10.2. The number of hydrogen-bond donors (Lipinski definition) is 2. The first-order valence-electron chi connectivity index (χ1n) is 9.13. The van der Waals surface area contributed by atoms with Crippen LogP contribution in [0.25, 0.3) is 0 Å². The molecule has 0 atom stereocenters. The molecule has 2 heterocycles. The van der Waals surface area contributed by atoms with E-state index in [1.54, 1.807) is 22.8 Å². The number of rotatable bonds is 9. The standard InChI is InChI=1S/C18H29N3O4/c1-3-21(18(23)16-6-12-25-15(16)2)9-5-17(22)19-7-4-8-20-10-13-24-14-11-20/h6,12H,3-5,7-11,13-14H2,1-2H3,(H,19,22)/p+1. The summed E-state index contributed by atoms with van der Waals surface area (Å²) in [7, 11) is 0. The summed E-state index contributed by atoms with van der Waals surface area (Å²) < 4.78 is 10.5. The Balaban J connectivity index is 1.64. The molecule has 1 aromatic heterocycles. The molecular weight excluding hydrogens is 322 g/mol. The third kappa shape index (κ3) is 6.17. The Morgan fingerprint density at radius 2 is 2.08 bits per heavy atom. The molecule has 7 nitrogen and oxygen atoms in total. The molecule has 140 valence electrons. The number of amides is 2. The number of quaternary nitrogens is 1. The molecule has 0 aromatic carbocycles. The van der Waals surface area contributed by atoms with Crippen molar-refractivity contribution in [3.8, 4) is 0 Å². The van der Waals surface area contributed by atoms with Crippen LogP contribution in [-0.2, 0) is 9.53 Å². The van der Waals surface area contributed by atoms with Gasteiger partial charge < -0.3 is 24.3 Å². The second-order valence-corrected chi connectivity index (χ2v) is 6.34.